The minimum Gasteiger partial charge on any atom is -0.480 e. The molecule has 0 radical (unpaired) electrons. The molecule has 1 aliphatic rings. The van der Waals surface area contributed by atoms with Crippen LogP contribution >= 0.6 is 0 Å². The molecule has 0 spiro atoms. The summed E-state index contributed by atoms with van der Waals surface area (Å²) in [6.07, 6.45) is 1.84. The molecule has 2 unspecified atom stereocenters. The van der Waals surface area contributed by atoms with Crippen molar-refractivity contribution in [2.75, 3.05) is 26.2 Å². The third-order valence-corrected chi connectivity index (χ3v) is 3.18. The summed E-state index contributed by atoms with van der Waals surface area (Å²) in [4.78, 5) is 13.2. The maximum absolute atomic E-state index is 10.8. The predicted molar refractivity (Wildman–Crippen MR) is 59.9 cm³/mol. The zero-order valence-corrected chi connectivity index (χ0v) is 9.70. The first-order chi connectivity index (χ1) is 7.17. The predicted octanol–water partition coefficient (Wildman–Crippen LogP) is 0.781. The largest absolute Gasteiger partial charge is 0.480 e. The lowest BCUT2D eigenvalue weighted by atomic mass is 10.1. The van der Waals surface area contributed by atoms with Gasteiger partial charge in [0.2, 0.25) is 0 Å². The first-order valence-corrected chi connectivity index (χ1v) is 5.85. The van der Waals surface area contributed by atoms with E-state index >= 15 is 0 Å². The Balaban J connectivity index is 2.22. The molecule has 1 heterocycles. The van der Waals surface area contributed by atoms with E-state index in [1.807, 2.05) is 6.92 Å². The van der Waals surface area contributed by atoms with Gasteiger partial charge >= 0.3 is 5.97 Å². The molecule has 0 bridgehead atoms. The zero-order valence-electron chi connectivity index (χ0n) is 9.70. The minimum atomic E-state index is -0.733. The van der Waals surface area contributed by atoms with Crippen LogP contribution in [0.4, 0.5) is 0 Å². The number of carboxylic acid groups (broad SMARTS) is 1. The van der Waals surface area contributed by atoms with Gasteiger partial charge in [-0.1, -0.05) is 13.8 Å². The van der Waals surface area contributed by atoms with Crippen LogP contribution in [0.3, 0.4) is 0 Å². The van der Waals surface area contributed by atoms with Crippen molar-refractivity contribution in [1.82, 2.24) is 10.2 Å². The topological polar surface area (TPSA) is 52.6 Å². The lowest BCUT2D eigenvalue weighted by Crippen LogP contribution is -2.39. The Morgan fingerprint density at radius 2 is 2.33 bits per heavy atom. The van der Waals surface area contributed by atoms with E-state index in [4.69, 9.17) is 5.11 Å². The van der Waals surface area contributed by atoms with E-state index in [1.54, 1.807) is 0 Å². The molecule has 15 heavy (non-hydrogen) atoms. The summed E-state index contributed by atoms with van der Waals surface area (Å²) in [5, 5.41) is 12.0. The average molecular weight is 214 g/mol. The molecule has 0 aliphatic carbocycles. The van der Waals surface area contributed by atoms with Gasteiger partial charge in [0, 0.05) is 13.1 Å². The maximum atomic E-state index is 10.8. The van der Waals surface area contributed by atoms with Gasteiger partial charge in [-0.3, -0.25) is 4.79 Å². The fraction of sp³-hybridized carbons (Fsp3) is 0.909. The zero-order chi connectivity index (χ0) is 11.3. The Bertz CT molecular complexity index is 209. The number of likely N-dealkylation sites (tertiary alicyclic amines) is 1. The van der Waals surface area contributed by atoms with Crippen LogP contribution in [0.15, 0.2) is 0 Å². The second kappa shape index (κ2) is 6.08. The SMILES string of the molecule is CCC(NCC1CCN(CC)C1)C(=O)O. The number of hydrogen-bond donors (Lipinski definition) is 2. The van der Waals surface area contributed by atoms with Gasteiger partial charge in [0.1, 0.15) is 6.04 Å². The van der Waals surface area contributed by atoms with Gasteiger partial charge in [-0.2, -0.15) is 0 Å². The normalized spacial score (nSPS) is 24.3. The molecule has 1 aliphatic heterocycles. The van der Waals surface area contributed by atoms with Crippen molar-refractivity contribution in [1.29, 1.82) is 0 Å². The summed E-state index contributed by atoms with van der Waals surface area (Å²) in [5.74, 6) is -0.110. The Morgan fingerprint density at radius 1 is 1.60 bits per heavy atom. The molecule has 1 rings (SSSR count). The van der Waals surface area contributed by atoms with Crippen molar-refractivity contribution in [3.8, 4) is 0 Å². The number of hydrogen-bond acceptors (Lipinski definition) is 3. The second-order valence-corrected chi connectivity index (χ2v) is 4.26. The number of carboxylic acids is 1. The molecule has 0 aromatic rings. The van der Waals surface area contributed by atoms with Crippen molar-refractivity contribution in [3.63, 3.8) is 0 Å². The van der Waals surface area contributed by atoms with Crippen LogP contribution in [-0.4, -0.2) is 48.2 Å². The van der Waals surface area contributed by atoms with Crippen LogP contribution < -0.4 is 5.32 Å². The number of rotatable bonds is 6. The number of nitrogens with one attached hydrogen (secondary N) is 1. The quantitative estimate of drug-likeness (QED) is 0.686. The van der Waals surface area contributed by atoms with Gasteiger partial charge in [0.05, 0.1) is 0 Å². The average Bonchev–Trinajstić information content (AvgIpc) is 2.66. The lowest BCUT2D eigenvalue weighted by molar-refractivity contribution is -0.139. The first-order valence-electron chi connectivity index (χ1n) is 5.85. The molecule has 4 nitrogen and oxygen atoms in total. The van der Waals surface area contributed by atoms with E-state index in [2.05, 4.69) is 17.1 Å². The molecule has 88 valence electrons. The van der Waals surface area contributed by atoms with Crippen LogP contribution in [0.25, 0.3) is 0 Å². The monoisotopic (exact) mass is 214 g/mol. The molecule has 0 amide bonds. The molecule has 1 fully saturated rings. The highest BCUT2D eigenvalue weighted by atomic mass is 16.4. The fourth-order valence-corrected chi connectivity index (χ4v) is 2.08. The first kappa shape index (κ1) is 12.5. The lowest BCUT2D eigenvalue weighted by Gasteiger charge is -2.16. The number of aliphatic carboxylic acids is 1. The molecule has 1 saturated heterocycles. The second-order valence-electron chi connectivity index (χ2n) is 4.26. The molecule has 4 heteroatoms. The number of nitrogens with zero attached hydrogens (tertiary/aromatic N) is 1. The van der Waals surface area contributed by atoms with Gasteiger partial charge < -0.3 is 15.3 Å². The number of carbonyl (C=O) groups is 1. The summed E-state index contributed by atoms with van der Waals surface area (Å²) >= 11 is 0. The van der Waals surface area contributed by atoms with Crippen LogP contribution in [0.5, 0.6) is 0 Å². The van der Waals surface area contributed by atoms with E-state index < -0.39 is 5.97 Å². The Hall–Kier alpha value is -0.610. The summed E-state index contributed by atoms with van der Waals surface area (Å²) in [5.41, 5.74) is 0. The van der Waals surface area contributed by atoms with E-state index in [1.165, 1.54) is 6.42 Å². The molecule has 2 N–H and O–H groups in total. The van der Waals surface area contributed by atoms with Crippen molar-refractivity contribution in [2.45, 2.75) is 32.7 Å². The Morgan fingerprint density at radius 3 is 2.80 bits per heavy atom. The van der Waals surface area contributed by atoms with Crippen molar-refractivity contribution < 1.29 is 9.90 Å². The standard InChI is InChI=1S/C11H22N2O2/c1-3-10(11(14)15)12-7-9-5-6-13(4-2)8-9/h9-10,12H,3-8H2,1-2H3,(H,14,15). The van der Waals surface area contributed by atoms with Crippen molar-refractivity contribution in [3.05, 3.63) is 0 Å². The maximum Gasteiger partial charge on any atom is 0.320 e. The Kier molecular flexibility index (Phi) is 5.05. The molecule has 2 atom stereocenters. The van der Waals surface area contributed by atoms with E-state index in [-0.39, 0.29) is 6.04 Å². The van der Waals surface area contributed by atoms with Crippen molar-refractivity contribution in [2.24, 2.45) is 5.92 Å². The summed E-state index contributed by atoms with van der Waals surface area (Å²) in [7, 11) is 0. The molecule has 0 aromatic heterocycles. The highest BCUT2D eigenvalue weighted by Crippen LogP contribution is 2.14. The van der Waals surface area contributed by atoms with Crippen LogP contribution in [0, 0.1) is 5.92 Å². The van der Waals surface area contributed by atoms with Gasteiger partial charge in [0.25, 0.3) is 0 Å². The van der Waals surface area contributed by atoms with Crippen LogP contribution in [-0.2, 0) is 4.79 Å². The van der Waals surface area contributed by atoms with E-state index in [0.29, 0.717) is 12.3 Å². The highest BCUT2D eigenvalue weighted by molar-refractivity contribution is 5.73. The molecule has 0 saturated carbocycles. The highest BCUT2D eigenvalue weighted by Gasteiger charge is 2.22. The van der Waals surface area contributed by atoms with E-state index in [0.717, 1.165) is 26.2 Å². The van der Waals surface area contributed by atoms with Crippen LogP contribution in [0.1, 0.15) is 26.7 Å². The summed E-state index contributed by atoms with van der Waals surface area (Å²) in [6.45, 7) is 8.28. The third kappa shape index (κ3) is 3.80. The van der Waals surface area contributed by atoms with Gasteiger partial charge in [-0.05, 0) is 31.8 Å². The van der Waals surface area contributed by atoms with Gasteiger partial charge in [0.15, 0.2) is 0 Å². The van der Waals surface area contributed by atoms with Gasteiger partial charge in [-0.15, -0.1) is 0 Å². The summed E-state index contributed by atoms with van der Waals surface area (Å²) in [6, 6.07) is -0.374. The molecular formula is C11H22N2O2. The molecular weight excluding hydrogens is 192 g/mol. The van der Waals surface area contributed by atoms with Crippen molar-refractivity contribution >= 4 is 5.97 Å². The minimum absolute atomic E-state index is 0.374. The summed E-state index contributed by atoms with van der Waals surface area (Å²) < 4.78 is 0. The van der Waals surface area contributed by atoms with Crippen LogP contribution in [0.2, 0.25) is 0 Å². The molecule has 0 aromatic carbocycles. The van der Waals surface area contributed by atoms with Gasteiger partial charge in [-0.25, -0.2) is 0 Å². The smallest absolute Gasteiger partial charge is 0.320 e. The third-order valence-electron chi connectivity index (χ3n) is 3.18. The fourth-order valence-electron chi connectivity index (χ4n) is 2.08. The Labute approximate surface area is 91.6 Å². The van der Waals surface area contributed by atoms with E-state index in [9.17, 15) is 4.79 Å².